The summed E-state index contributed by atoms with van der Waals surface area (Å²) in [7, 11) is 1.34. The molecule has 134 valence electrons. The molecule has 0 aromatic carbocycles. The van der Waals surface area contributed by atoms with E-state index in [4.69, 9.17) is 19.2 Å². The Morgan fingerprint density at radius 2 is 2.20 bits per heavy atom. The number of carbonyl (C=O) groups excluding carboxylic acids is 1. The van der Waals surface area contributed by atoms with Gasteiger partial charge in [0.2, 0.25) is 0 Å². The second-order valence-electron chi connectivity index (χ2n) is 7.34. The number of pyridine rings is 1. The second-order valence-corrected chi connectivity index (χ2v) is 7.34. The monoisotopic (exact) mass is 348 g/mol. The van der Waals surface area contributed by atoms with Gasteiger partial charge in [-0.1, -0.05) is 0 Å². The maximum absolute atomic E-state index is 13.1. The Kier molecular flexibility index (Phi) is 3.54. The maximum Gasteiger partial charge on any atom is 0.343 e. The van der Waals surface area contributed by atoms with Crippen molar-refractivity contribution in [3.05, 3.63) is 29.7 Å². The molecule has 7 heteroatoms. The van der Waals surface area contributed by atoms with Crippen LogP contribution in [-0.2, 0) is 14.9 Å². The van der Waals surface area contributed by atoms with Gasteiger partial charge in [-0.25, -0.2) is 14.2 Å². The highest BCUT2D eigenvalue weighted by molar-refractivity contribution is 5.92. The molecule has 0 amide bonds. The Labute approximate surface area is 144 Å². The summed E-state index contributed by atoms with van der Waals surface area (Å²) < 4.78 is 31.2. The fraction of sp³-hybridized carbons (Fsp3) is 0.556. The Bertz CT molecular complexity index is 839. The normalized spacial score (nSPS) is 27.6. The van der Waals surface area contributed by atoms with Crippen LogP contribution in [0.1, 0.15) is 42.7 Å². The zero-order valence-corrected chi connectivity index (χ0v) is 14.5. The number of rotatable bonds is 5. The van der Waals surface area contributed by atoms with Gasteiger partial charge >= 0.3 is 5.97 Å². The molecule has 2 saturated heterocycles. The molecule has 25 heavy (non-hydrogen) atoms. The zero-order chi connectivity index (χ0) is 17.8. The predicted molar refractivity (Wildman–Crippen MR) is 87.9 cm³/mol. The molecule has 2 aromatic rings. The Morgan fingerprint density at radius 3 is 2.80 bits per heavy atom. The van der Waals surface area contributed by atoms with Crippen molar-refractivity contribution < 1.29 is 23.4 Å². The Hall–Kier alpha value is -2.15. The van der Waals surface area contributed by atoms with Gasteiger partial charge in [-0.05, 0) is 26.7 Å². The quantitative estimate of drug-likeness (QED) is 0.778. The molecular formula is C18H21FN2O4. The number of alkyl halides is 1. The minimum absolute atomic E-state index is 0.0843. The van der Waals surface area contributed by atoms with E-state index in [9.17, 15) is 9.18 Å². The van der Waals surface area contributed by atoms with E-state index in [2.05, 4.69) is 0 Å². The molecule has 1 aliphatic carbocycles. The first-order valence-electron chi connectivity index (χ1n) is 8.38. The number of carbonyl (C=O) groups is 1. The van der Waals surface area contributed by atoms with Crippen molar-refractivity contribution in [1.82, 2.24) is 9.38 Å². The van der Waals surface area contributed by atoms with E-state index in [1.54, 1.807) is 16.7 Å². The number of nitrogens with zero attached hydrogens (tertiary/aromatic N) is 2. The molecule has 1 saturated carbocycles. The largest absolute Gasteiger partial charge is 0.490 e. The summed E-state index contributed by atoms with van der Waals surface area (Å²) in [5.41, 5.74) is 1.06. The average Bonchev–Trinajstić information content (AvgIpc) is 3.23. The number of aromatic nitrogens is 2. The molecule has 0 radical (unpaired) electrons. The second kappa shape index (κ2) is 5.42. The summed E-state index contributed by atoms with van der Waals surface area (Å²) in [5.74, 6) is -0.0198. The van der Waals surface area contributed by atoms with Crippen molar-refractivity contribution >= 4 is 11.6 Å². The van der Waals surface area contributed by atoms with E-state index >= 15 is 0 Å². The van der Waals surface area contributed by atoms with Crippen LogP contribution in [0, 0.1) is 0 Å². The average molecular weight is 348 g/mol. The number of imidazole rings is 1. The van der Waals surface area contributed by atoms with Crippen LogP contribution in [0.25, 0.3) is 5.65 Å². The van der Waals surface area contributed by atoms with Crippen LogP contribution in [0.4, 0.5) is 4.39 Å². The molecule has 0 spiro atoms. The summed E-state index contributed by atoms with van der Waals surface area (Å²) in [6, 6.07) is 1.74. The number of hydrogen-bond acceptors (Lipinski definition) is 5. The van der Waals surface area contributed by atoms with E-state index in [1.165, 1.54) is 7.11 Å². The lowest BCUT2D eigenvalue weighted by Crippen LogP contribution is -2.48. The molecule has 0 atom stereocenters. The number of ether oxygens (including phenoxy) is 3. The van der Waals surface area contributed by atoms with Crippen LogP contribution in [0.15, 0.2) is 18.5 Å². The van der Waals surface area contributed by atoms with E-state index in [1.807, 2.05) is 20.0 Å². The number of hydrogen-bond donors (Lipinski definition) is 0. The van der Waals surface area contributed by atoms with Gasteiger partial charge in [0.25, 0.3) is 0 Å². The summed E-state index contributed by atoms with van der Waals surface area (Å²) >= 11 is 0. The summed E-state index contributed by atoms with van der Waals surface area (Å²) in [5, 5.41) is 0. The highest BCUT2D eigenvalue weighted by Gasteiger charge is 2.64. The van der Waals surface area contributed by atoms with Crippen molar-refractivity contribution in [2.45, 2.75) is 43.8 Å². The lowest BCUT2D eigenvalue weighted by atomic mass is 9.61. The molecule has 2 aliphatic heterocycles. The number of halogens is 1. The van der Waals surface area contributed by atoms with Gasteiger partial charge in [0.1, 0.15) is 23.6 Å². The van der Waals surface area contributed by atoms with Crippen LogP contribution < -0.4 is 4.74 Å². The summed E-state index contributed by atoms with van der Waals surface area (Å²) in [6.07, 6.45) is 4.78. The van der Waals surface area contributed by atoms with Crippen LogP contribution in [0.3, 0.4) is 0 Å². The minimum atomic E-state index is -0.612. The van der Waals surface area contributed by atoms with Gasteiger partial charge in [-0.3, -0.25) is 0 Å². The van der Waals surface area contributed by atoms with Crippen LogP contribution in [0.5, 0.6) is 5.75 Å². The molecule has 3 aliphatic rings. The van der Waals surface area contributed by atoms with Crippen LogP contribution >= 0.6 is 0 Å². The van der Waals surface area contributed by atoms with Crippen molar-refractivity contribution in [1.29, 1.82) is 0 Å². The van der Waals surface area contributed by atoms with Crippen molar-refractivity contribution in [3.63, 3.8) is 0 Å². The third-order valence-electron chi connectivity index (χ3n) is 5.09. The Balaban J connectivity index is 1.75. The first-order chi connectivity index (χ1) is 11.9. The van der Waals surface area contributed by atoms with Gasteiger partial charge in [0.05, 0.1) is 31.1 Å². The van der Waals surface area contributed by atoms with Crippen molar-refractivity contribution in [2.24, 2.45) is 0 Å². The van der Waals surface area contributed by atoms with Gasteiger partial charge in [0.15, 0.2) is 0 Å². The number of methoxy groups -OCH3 is 1. The fourth-order valence-corrected chi connectivity index (χ4v) is 3.95. The van der Waals surface area contributed by atoms with E-state index < -0.39 is 18.2 Å². The highest BCUT2D eigenvalue weighted by atomic mass is 19.1. The molecule has 5 rings (SSSR count). The molecule has 6 nitrogen and oxygen atoms in total. The summed E-state index contributed by atoms with van der Waals surface area (Å²) in [4.78, 5) is 16.8. The molecular weight excluding hydrogens is 327 g/mol. The molecule has 0 N–H and O–H groups in total. The number of esters is 1. The SMILES string of the molecule is COC(=O)c1cn2cc(C34COC(CF)(C3)C4)nc2cc1OC(C)C. The third kappa shape index (κ3) is 2.40. The predicted octanol–water partition coefficient (Wildman–Crippen LogP) is 2.68. The highest BCUT2D eigenvalue weighted by Crippen LogP contribution is 2.58. The van der Waals surface area contributed by atoms with Crippen LogP contribution in [0.2, 0.25) is 0 Å². The minimum Gasteiger partial charge on any atom is -0.490 e. The van der Waals surface area contributed by atoms with E-state index in [0.717, 1.165) is 5.69 Å². The fourth-order valence-electron chi connectivity index (χ4n) is 3.95. The molecule has 4 heterocycles. The van der Waals surface area contributed by atoms with Gasteiger partial charge in [-0.15, -0.1) is 0 Å². The molecule has 0 unspecified atom stereocenters. The van der Waals surface area contributed by atoms with Crippen molar-refractivity contribution in [2.75, 3.05) is 20.4 Å². The smallest absolute Gasteiger partial charge is 0.343 e. The first-order valence-corrected chi connectivity index (χ1v) is 8.38. The molecule has 3 fully saturated rings. The standard InChI is InChI=1S/C18H21FN2O4/c1-11(2)25-13-4-15-20-14(6-21(15)5-12(13)16(22)23-3)17-7-18(8-17,9-19)24-10-17/h4-6,11H,7-10H2,1-3H3. The van der Waals surface area contributed by atoms with E-state index in [0.29, 0.717) is 36.4 Å². The lowest BCUT2D eigenvalue weighted by Gasteiger charge is -2.41. The van der Waals surface area contributed by atoms with E-state index in [-0.39, 0.29) is 11.5 Å². The lowest BCUT2D eigenvalue weighted by molar-refractivity contribution is -0.0235. The third-order valence-corrected chi connectivity index (χ3v) is 5.09. The van der Waals surface area contributed by atoms with Gasteiger partial charge in [-0.2, -0.15) is 0 Å². The van der Waals surface area contributed by atoms with Crippen molar-refractivity contribution in [3.8, 4) is 5.75 Å². The number of fused-ring (bicyclic) bond motifs is 2. The topological polar surface area (TPSA) is 62.1 Å². The summed E-state index contributed by atoms with van der Waals surface area (Å²) in [6.45, 7) is 3.81. The molecule has 2 bridgehead atoms. The first kappa shape index (κ1) is 16.3. The van der Waals surface area contributed by atoms with Gasteiger partial charge < -0.3 is 18.6 Å². The molecule has 2 aromatic heterocycles. The Morgan fingerprint density at radius 1 is 1.44 bits per heavy atom. The maximum atomic E-state index is 13.1. The van der Waals surface area contributed by atoms with Crippen LogP contribution in [-0.4, -0.2) is 47.5 Å². The van der Waals surface area contributed by atoms with Gasteiger partial charge in [0, 0.05) is 23.9 Å². The zero-order valence-electron chi connectivity index (χ0n) is 14.5.